The van der Waals surface area contributed by atoms with E-state index in [-0.39, 0.29) is 23.6 Å². The van der Waals surface area contributed by atoms with Crippen molar-refractivity contribution in [3.63, 3.8) is 0 Å². The molecule has 24 heavy (non-hydrogen) atoms. The van der Waals surface area contributed by atoms with Crippen LogP contribution < -0.4 is 0 Å². The van der Waals surface area contributed by atoms with Gasteiger partial charge in [-0.15, -0.1) is 0 Å². The van der Waals surface area contributed by atoms with Gasteiger partial charge in [0.2, 0.25) is 5.82 Å². The summed E-state index contributed by atoms with van der Waals surface area (Å²) in [6.45, 7) is 1.88. The van der Waals surface area contributed by atoms with Crippen molar-refractivity contribution in [3.05, 3.63) is 69.8 Å². The lowest BCUT2D eigenvalue weighted by atomic mass is 10.1. The predicted octanol–water partition coefficient (Wildman–Crippen LogP) is 3.49. The molecule has 1 aliphatic rings. The fraction of sp³-hybridized carbons (Fsp3) is 0.294. The van der Waals surface area contributed by atoms with Crippen LogP contribution in [-0.2, 0) is 0 Å². The highest BCUT2D eigenvalue weighted by molar-refractivity contribution is 5.95. The number of aromatic nitrogens is 1. The van der Waals surface area contributed by atoms with E-state index in [4.69, 9.17) is 0 Å². The van der Waals surface area contributed by atoms with E-state index in [1.807, 2.05) is 19.1 Å². The zero-order chi connectivity index (χ0) is 17.3. The molecule has 1 aliphatic carbocycles. The molecule has 0 spiro atoms. The van der Waals surface area contributed by atoms with Gasteiger partial charge in [0.1, 0.15) is 0 Å². The molecule has 1 atom stereocenters. The summed E-state index contributed by atoms with van der Waals surface area (Å²) in [5, 5.41) is 10.7. The van der Waals surface area contributed by atoms with Crippen LogP contribution in [0, 0.1) is 15.9 Å². The fourth-order valence-electron chi connectivity index (χ4n) is 2.71. The van der Waals surface area contributed by atoms with Crippen LogP contribution in [0.5, 0.6) is 0 Å². The second-order valence-corrected chi connectivity index (χ2v) is 5.80. The molecule has 2 aromatic rings. The molecule has 1 aromatic carbocycles. The summed E-state index contributed by atoms with van der Waals surface area (Å²) in [6.07, 6.45) is 3.43. The molecule has 0 unspecified atom stereocenters. The van der Waals surface area contributed by atoms with E-state index in [2.05, 4.69) is 4.98 Å². The number of carbonyl (C=O) groups excluding carboxylic acids is 1. The molecule has 0 radical (unpaired) electrons. The Labute approximate surface area is 138 Å². The summed E-state index contributed by atoms with van der Waals surface area (Å²) in [5.41, 5.74) is 0.218. The Hall–Kier alpha value is -2.83. The molecule has 1 heterocycles. The Kier molecular flexibility index (Phi) is 4.24. The number of halogens is 1. The lowest BCUT2D eigenvalue weighted by molar-refractivity contribution is -0.387. The minimum Gasteiger partial charge on any atom is -0.327 e. The van der Waals surface area contributed by atoms with Crippen molar-refractivity contribution < 1.29 is 14.1 Å². The fourth-order valence-corrected chi connectivity index (χ4v) is 2.71. The summed E-state index contributed by atoms with van der Waals surface area (Å²) in [5.74, 6) is -1.35. The third-order valence-electron chi connectivity index (χ3n) is 4.10. The largest absolute Gasteiger partial charge is 0.327 e. The summed E-state index contributed by atoms with van der Waals surface area (Å²) >= 11 is 0. The van der Waals surface area contributed by atoms with Crippen molar-refractivity contribution in [1.82, 2.24) is 9.88 Å². The van der Waals surface area contributed by atoms with E-state index < -0.39 is 16.4 Å². The smallest absolute Gasteiger partial charge is 0.304 e. The van der Waals surface area contributed by atoms with Crippen molar-refractivity contribution in [2.45, 2.75) is 31.8 Å². The number of carbonyl (C=O) groups is 1. The van der Waals surface area contributed by atoms with Gasteiger partial charge in [0.15, 0.2) is 0 Å². The molecule has 3 rings (SSSR count). The summed E-state index contributed by atoms with van der Waals surface area (Å²) in [4.78, 5) is 28.7. The molecule has 1 saturated carbocycles. The Balaban J connectivity index is 1.91. The third kappa shape index (κ3) is 3.10. The van der Waals surface area contributed by atoms with Crippen LogP contribution in [0.2, 0.25) is 0 Å². The van der Waals surface area contributed by atoms with Gasteiger partial charge in [0, 0.05) is 23.9 Å². The number of amides is 1. The van der Waals surface area contributed by atoms with Gasteiger partial charge in [-0.2, -0.15) is 4.39 Å². The first-order valence-corrected chi connectivity index (χ1v) is 7.66. The Morgan fingerprint density at radius 2 is 2.12 bits per heavy atom. The zero-order valence-corrected chi connectivity index (χ0v) is 13.1. The van der Waals surface area contributed by atoms with Crippen molar-refractivity contribution in [3.8, 4) is 0 Å². The van der Waals surface area contributed by atoms with Gasteiger partial charge in [0.05, 0.1) is 16.7 Å². The Bertz CT molecular complexity index is 778. The normalized spacial score (nSPS) is 14.9. The zero-order valence-electron chi connectivity index (χ0n) is 13.1. The standard InChI is InChI=1S/C17H16FN3O3/c1-11(15-4-2-3-9-19-15)20(13-6-7-13)17(22)12-5-8-16(21(23)24)14(18)10-12/h2-5,8-11,13H,6-7H2,1H3/t11-/m1/s1. The lowest BCUT2D eigenvalue weighted by Gasteiger charge is -2.29. The van der Waals surface area contributed by atoms with Gasteiger partial charge in [-0.05, 0) is 44.0 Å². The molecule has 0 bridgehead atoms. The first-order chi connectivity index (χ1) is 11.5. The summed E-state index contributed by atoms with van der Waals surface area (Å²) in [6, 6.07) is 8.57. The summed E-state index contributed by atoms with van der Waals surface area (Å²) in [7, 11) is 0. The maximum absolute atomic E-state index is 13.8. The topological polar surface area (TPSA) is 76.3 Å². The highest BCUT2D eigenvalue weighted by Gasteiger charge is 2.37. The Morgan fingerprint density at radius 3 is 2.67 bits per heavy atom. The average molecular weight is 329 g/mol. The van der Waals surface area contributed by atoms with Crippen molar-refractivity contribution >= 4 is 11.6 Å². The number of rotatable bonds is 5. The van der Waals surface area contributed by atoms with E-state index >= 15 is 0 Å². The van der Waals surface area contributed by atoms with Gasteiger partial charge in [-0.1, -0.05) is 6.07 Å². The van der Waals surface area contributed by atoms with Gasteiger partial charge in [0.25, 0.3) is 5.91 Å². The second-order valence-electron chi connectivity index (χ2n) is 5.80. The van der Waals surface area contributed by atoms with Crippen molar-refractivity contribution in [2.24, 2.45) is 0 Å². The molecule has 1 amide bonds. The molecular weight excluding hydrogens is 313 g/mol. The molecule has 7 heteroatoms. The lowest BCUT2D eigenvalue weighted by Crippen LogP contribution is -2.36. The first-order valence-electron chi connectivity index (χ1n) is 7.66. The van der Waals surface area contributed by atoms with E-state index in [1.165, 1.54) is 6.07 Å². The van der Waals surface area contributed by atoms with Gasteiger partial charge >= 0.3 is 5.69 Å². The van der Waals surface area contributed by atoms with E-state index in [0.717, 1.165) is 30.7 Å². The molecule has 6 nitrogen and oxygen atoms in total. The van der Waals surface area contributed by atoms with Crippen molar-refractivity contribution in [1.29, 1.82) is 0 Å². The van der Waals surface area contributed by atoms with Gasteiger partial charge < -0.3 is 4.90 Å². The second kappa shape index (κ2) is 6.35. The average Bonchev–Trinajstić information content (AvgIpc) is 3.40. The highest BCUT2D eigenvalue weighted by atomic mass is 19.1. The first kappa shape index (κ1) is 16.0. The Morgan fingerprint density at radius 1 is 1.38 bits per heavy atom. The number of hydrogen-bond donors (Lipinski definition) is 0. The number of benzene rings is 1. The number of nitro groups is 1. The predicted molar refractivity (Wildman–Crippen MR) is 84.9 cm³/mol. The molecule has 0 N–H and O–H groups in total. The van der Waals surface area contributed by atoms with Crippen LogP contribution in [0.3, 0.4) is 0 Å². The molecular formula is C17H16FN3O3. The van der Waals surface area contributed by atoms with Crippen LogP contribution in [0.1, 0.15) is 41.9 Å². The quantitative estimate of drug-likeness (QED) is 0.621. The molecule has 1 aromatic heterocycles. The van der Waals surface area contributed by atoms with Crippen LogP contribution in [-0.4, -0.2) is 26.8 Å². The molecule has 1 fully saturated rings. The minimum atomic E-state index is -1.01. The van der Waals surface area contributed by atoms with Crippen LogP contribution in [0.4, 0.5) is 10.1 Å². The monoisotopic (exact) mass is 329 g/mol. The van der Waals surface area contributed by atoms with E-state index in [1.54, 1.807) is 17.2 Å². The SMILES string of the molecule is C[C@H](c1ccccn1)N(C(=O)c1ccc([N+](=O)[O-])c(F)c1)C1CC1. The van der Waals surface area contributed by atoms with Crippen LogP contribution in [0.15, 0.2) is 42.6 Å². The highest BCUT2D eigenvalue weighted by Crippen LogP contribution is 2.35. The van der Waals surface area contributed by atoms with E-state index in [9.17, 15) is 19.3 Å². The third-order valence-corrected chi connectivity index (χ3v) is 4.10. The summed E-state index contributed by atoms with van der Waals surface area (Å²) < 4.78 is 13.8. The number of pyridine rings is 1. The maximum atomic E-state index is 13.8. The van der Waals surface area contributed by atoms with Crippen LogP contribution >= 0.6 is 0 Å². The number of hydrogen-bond acceptors (Lipinski definition) is 4. The number of nitro benzene ring substituents is 1. The molecule has 0 aliphatic heterocycles. The molecule has 0 saturated heterocycles. The van der Waals surface area contributed by atoms with Crippen LogP contribution in [0.25, 0.3) is 0 Å². The maximum Gasteiger partial charge on any atom is 0.304 e. The molecule has 124 valence electrons. The minimum absolute atomic E-state index is 0.0905. The van der Waals surface area contributed by atoms with Crippen molar-refractivity contribution in [2.75, 3.05) is 0 Å². The van der Waals surface area contributed by atoms with E-state index in [0.29, 0.717) is 0 Å². The van der Waals surface area contributed by atoms with Gasteiger partial charge in [-0.25, -0.2) is 0 Å². The van der Waals surface area contributed by atoms with Gasteiger partial charge in [-0.3, -0.25) is 19.9 Å². The number of nitrogens with zero attached hydrogens (tertiary/aromatic N) is 3.